The number of methoxy groups -OCH3 is 1. The van der Waals surface area contributed by atoms with Crippen molar-refractivity contribution in [2.24, 2.45) is 0 Å². The molecule has 0 spiro atoms. The summed E-state index contributed by atoms with van der Waals surface area (Å²) in [6.45, 7) is -0.303. The Labute approximate surface area is 116 Å². The Balaban J connectivity index is 3.13. The van der Waals surface area contributed by atoms with Crippen LogP contribution in [0.2, 0.25) is 0 Å². The van der Waals surface area contributed by atoms with Gasteiger partial charge in [-0.05, 0) is 19.1 Å². The van der Waals surface area contributed by atoms with Gasteiger partial charge >= 0.3 is 6.18 Å². The van der Waals surface area contributed by atoms with Crippen molar-refractivity contribution < 1.29 is 28.1 Å². The van der Waals surface area contributed by atoms with Crippen molar-refractivity contribution in [3.05, 3.63) is 22.2 Å². The fourth-order valence-electron chi connectivity index (χ4n) is 1.58. The lowest BCUT2D eigenvalue weighted by Crippen LogP contribution is -2.44. The number of phenols is 1. The molecule has 1 rings (SSSR count). The number of aromatic hydroxyl groups is 1. The number of nitrogens with one attached hydrogen (secondary N) is 1. The van der Waals surface area contributed by atoms with Crippen LogP contribution in [0.4, 0.5) is 13.2 Å². The molecule has 1 aromatic carbocycles. The van der Waals surface area contributed by atoms with Gasteiger partial charge in [0.15, 0.2) is 0 Å². The molecule has 0 radical (unpaired) electrons. The molecular formula is C11H13BrF3NO3. The minimum absolute atomic E-state index is 0.0616. The van der Waals surface area contributed by atoms with E-state index in [0.717, 1.165) is 6.92 Å². The van der Waals surface area contributed by atoms with E-state index in [-0.39, 0.29) is 17.1 Å². The molecule has 0 amide bonds. The number of hydrogen-bond acceptors (Lipinski definition) is 4. The number of alkyl halides is 3. The van der Waals surface area contributed by atoms with Crippen LogP contribution >= 0.6 is 15.9 Å². The minimum Gasteiger partial charge on any atom is -0.507 e. The van der Waals surface area contributed by atoms with Crippen LogP contribution in [0.25, 0.3) is 0 Å². The van der Waals surface area contributed by atoms with E-state index in [2.05, 4.69) is 15.9 Å². The first-order valence-corrected chi connectivity index (χ1v) is 5.97. The minimum atomic E-state index is -4.48. The Kier molecular flexibility index (Phi) is 4.70. The topological polar surface area (TPSA) is 61.7 Å². The summed E-state index contributed by atoms with van der Waals surface area (Å²) in [4.78, 5) is 0. The van der Waals surface area contributed by atoms with Crippen molar-refractivity contribution >= 4 is 15.9 Å². The Morgan fingerprint density at radius 1 is 1.37 bits per heavy atom. The zero-order valence-electron chi connectivity index (χ0n) is 10.2. The fourth-order valence-corrected chi connectivity index (χ4v) is 2.00. The SMILES string of the molecule is COc1cc(Br)cc(O)c1C(C)(O)NCC(F)(F)F. The molecule has 0 aromatic heterocycles. The highest BCUT2D eigenvalue weighted by molar-refractivity contribution is 9.10. The maximum atomic E-state index is 12.2. The number of aliphatic hydroxyl groups is 1. The monoisotopic (exact) mass is 343 g/mol. The van der Waals surface area contributed by atoms with E-state index in [4.69, 9.17) is 4.74 Å². The van der Waals surface area contributed by atoms with E-state index in [1.807, 2.05) is 5.32 Å². The summed E-state index contributed by atoms with van der Waals surface area (Å²) in [6, 6.07) is 2.68. The van der Waals surface area contributed by atoms with Gasteiger partial charge in [0.25, 0.3) is 0 Å². The van der Waals surface area contributed by atoms with Crippen molar-refractivity contribution in [3.8, 4) is 11.5 Å². The summed E-state index contributed by atoms with van der Waals surface area (Å²) >= 11 is 3.10. The molecule has 0 aliphatic heterocycles. The van der Waals surface area contributed by atoms with Crippen LogP contribution in [0.5, 0.6) is 11.5 Å². The van der Waals surface area contributed by atoms with Crippen LogP contribution in [-0.2, 0) is 5.72 Å². The third kappa shape index (κ3) is 4.26. The molecule has 8 heteroatoms. The zero-order chi connectivity index (χ0) is 14.8. The molecule has 108 valence electrons. The van der Waals surface area contributed by atoms with Gasteiger partial charge in [-0.2, -0.15) is 13.2 Å². The summed E-state index contributed by atoms with van der Waals surface area (Å²) in [7, 11) is 1.28. The van der Waals surface area contributed by atoms with E-state index in [1.165, 1.54) is 19.2 Å². The number of phenolic OH excluding ortho intramolecular Hbond substituents is 1. The van der Waals surface area contributed by atoms with Crippen molar-refractivity contribution in [1.82, 2.24) is 5.32 Å². The first-order chi connectivity index (χ1) is 8.57. The summed E-state index contributed by atoms with van der Waals surface area (Å²) in [6.07, 6.45) is -4.48. The summed E-state index contributed by atoms with van der Waals surface area (Å²) in [5.41, 5.74) is -2.26. The molecule has 0 aliphatic rings. The van der Waals surface area contributed by atoms with Crippen LogP contribution in [0.3, 0.4) is 0 Å². The third-order valence-electron chi connectivity index (χ3n) is 2.39. The molecular weight excluding hydrogens is 331 g/mol. The van der Waals surface area contributed by atoms with Crippen molar-refractivity contribution in [1.29, 1.82) is 0 Å². The van der Waals surface area contributed by atoms with Crippen LogP contribution in [-0.4, -0.2) is 30.0 Å². The average Bonchev–Trinajstić information content (AvgIpc) is 2.24. The van der Waals surface area contributed by atoms with Gasteiger partial charge in [-0.3, -0.25) is 5.32 Å². The quantitative estimate of drug-likeness (QED) is 0.735. The summed E-state index contributed by atoms with van der Waals surface area (Å²) in [5, 5.41) is 21.8. The van der Waals surface area contributed by atoms with Gasteiger partial charge < -0.3 is 14.9 Å². The molecule has 0 heterocycles. The average molecular weight is 344 g/mol. The molecule has 1 atom stereocenters. The summed E-state index contributed by atoms with van der Waals surface area (Å²) < 4.78 is 41.9. The van der Waals surface area contributed by atoms with Gasteiger partial charge in [0.1, 0.15) is 17.2 Å². The van der Waals surface area contributed by atoms with E-state index < -0.39 is 18.4 Å². The molecule has 0 aliphatic carbocycles. The normalized spacial score (nSPS) is 15.1. The Hall–Kier alpha value is -0.990. The molecule has 0 bridgehead atoms. The number of ether oxygens (including phenoxy) is 1. The van der Waals surface area contributed by atoms with Gasteiger partial charge in [-0.25, -0.2) is 0 Å². The number of benzene rings is 1. The summed E-state index contributed by atoms with van der Waals surface area (Å²) in [5.74, 6) is -0.322. The second-order valence-corrected chi connectivity index (χ2v) is 4.96. The van der Waals surface area contributed by atoms with Crippen LogP contribution in [0.15, 0.2) is 16.6 Å². The second kappa shape index (κ2) is 5.56. The van der Waals surface area contributed by atoms with Gasteiger partial charge in [0, 0.05) is 4.47 Å². The number of halogens is 4. The van der Waals surface area contributed by atoms with Gasteiger partial charge in [0.05, 0.1) is 19.2 Å². The van der Waals surface area contributed by atoms with Gasteiger partial charge in [-0.15, -0.1) is 0 Å². The standard InChI is InChI=1S/C11H13BrF3NO3/c1-10(18,16-5-11(13,14)15)9-7(17)3-6(12)4-8(9)19-2/h3-4,16-18H,5H2,1-2H3. The Morgan fingerprint density at radius 2 is 1.95 bits per heavy atom. The molecule has 1 aromatic rings. The third-order valence-corrected chi connectivity index (χ3v) is 2.84. The van der Waals surface area contributed by atoms with Gasteiger partial charge in [0.2, 0.25) is 0 Å². The lowest BCUT2D eigenvalue weighted by atomic mass is 10.0. The van der Waals surface area contributed by atoms with Crippen molar-refractivity contribution in [3.63, 3.8) is 0 Å². The first-order valence-electron chi connectivity index (χ1n) is 5.18. The molecule has 0 fully saturated rings. The van der Waals surface area contributed by atoms with Crippen molar-refractivity contribution in [2.45, 2.75) is 18.8 Å². The molecule has 19 heavy (non-hydrogen) atoms. The second-order valence-electron chi connectivity index (χ2n) is 4.04. The lowest BCUT2D eigenvalue weighted by Gasteiger charge is -2.28. The lowest BCUT2D eigenvalue weighted by molar-refractivity contribution is -0.140. The van der Waals surface area contributed by atoms with E-state index in [0.29, 0.717) is 4.47 Å². The zero-order valence-corrected chi connectivity index (χ0v) is 11.8. The molecule has 3 N–H and O–H groups in total. The highest BCUT2D eigenvalue weighted by Gasteiger charge is 2.35. The first kappa shape index (κ1) is 16.1. The van der Waals surface area contributed by atoms with Crippen LogP contribution < -0.4 is 10.1 Å². The maximum absolute atomic E-state index is 12.2. The Bertz CT molecular complexity index is 463. The molecule has 0 saturated carbocycles. The van der Waals surface area contributed by atoms with Crippen molar-refractivity contribution in [2.75, 3.05) is 13.7 Å². The highest BCUT2D eigenvalue weighted by Crippen LogP contribution is 2.38. The molecule has 4 nitrogen and oxygen atoms in total. The van der Waals surface area contributed by atoms with E-state index in [9.17, 15) is 23.4 Å². The van der Waals surface area contributed by atoms with E-state index >= 15 is 0 Å². The predicted molar refractivity (Wildman–Crippen MR) is 66.0 cm³/mol. The smallest absolute Gasteiger partial charge is 0.401 e. The van der Waals surface area contributed by atoms with Gasteiger partial charge in [-0.1, -0.05) is 15.9 Å². The number of hydrogen-bond donors (Lipinski definition) is 3. The number of rotatable bonds is 4. The van der Waals surface area contributed by atoms with Crippen LogP contribution in [0, 0.1) is 0 Å². The predicted octanol–water partition coefficient (Wildman–Crippen LogP) is 2.48. The molecule has 1 unspecified atom stereocenters. The fraction of sp³-hybridized carbons (Fsp3) is 0.455. The molecule has 0 saturated heterocycles. The highest BCUT2D eigenvalue weighted by atomic mass is 79.9. The largest absolute Gasteiger partial charge is 0.507 e. The van der Waals surface area contributed by atoms with Crippen LogP contribution in [0.1, 0.15) is 12.5 Å². The Morgan fingerprint density at radius 3 is 2.42 bits per heavy atom. The van der Waals surface area contributed by atoms with E-state index in [1.54, 1.807) is 0 Å². The maximum Gasteiger partial charge on any atom is 0.401 e.